The quantitative estimate of drug-likeness (QED) is 0.401. The van der Waals surface area contributed by atoms with Crippen molar-refractivity contribution in [2.24, 2.45) is 0 Å². The zero-order chi connectivity index (χ0) is 14.3. The normalized spacial score (nSPS) is 11.1. The number of carbonyl (C=O) groups excluding carboxylic acids is 1. The van der Waals surface area contributed by atoms with Crippen LogP contribution in [-0.2, 0) is 19.6 Å². The summed E-state index contributed by atoms with van der Waals surface area (Å²) >= 11 is 2.07. The molecular weight excluding hydrogens is 383 g/mol. The standard InChI is InChI=1S/C12H15IO5S/c1-2-17-12(14)7-4-8-19(15,16)18-11-6-3-5-10(13)9-11/h3,5-6,9H,2,4,7-8H2,1H3. The van der Waals surface area contributed by atoms with Gasteiger partial charge >= 0.3 is 16.1 Å². The van der Waals surface area contributed by atoms with E-state index in [9.17, 15) is 13.2 Å². The minimum absolute atomic E-state index is 0.0722. The number of hydrogen-bond donors (Lipinski definition) is 0. The highest BCUT2D eigenvalue weighted by atomic mass is 127. The summed E-state index contributed by atoms with van der Waals surface area (Å²) in [6.45, 7) is 2.00. The Morgan fingerprint density at radius 2 is 2.11 bits per heavy atom. The van der Waals surface area contributed by atoms with Crippen LogP contribution in [-0.4, -0.2) is 26.7 Å². The van der Waals surface area contributed by atoms with E-state index in [1.165, 1.54) is 0 Å². The van der Waals surface area contributed by atoms with E-state index in [2.05, 4.69) is 22.6 Å². The molecule has 5 nitrogen and oxygen atoms in total. The van der Waals surface area contributed by atoms with Gasteiger partial charge in [-0.2, -0.15) is 8.42 Å². The molecule has 0 saturated heterocycles. The van der Waals surface area contributed by atoms with Crippen LogP contribution in [0.15, 0.2) is 24.3 Å². The average Bonchev–Trinajstić information content (AvgIpc) is 2.28. The molecule has 0 fully saturated rings. The third-order valence-corrected chi connectivity index (χ3v) is 4.01. The van der Waals surface area contributed by atoms with E-state index in [1.807, 2.05) is 6.07 Å². The van der Waals surface area contributed by atoms with Crippen LogP contribution in [0.2, 0.25) is 0 Å². The van der Waals surface area contributed by atoms with Gasteiger partial charge < -0.3 is 8.92 Å². The zero-order valence-electron chi connectivity index (χ0n) is 10.5. The molecule has 0 radical (unpaired) electrons. The van der Waals surface area contributed by atoms with Gasteiger partial charge in [-0.05, 0) is 54.1 Å². The van der Waals surface area contributed by atoms with Gasteiger partial charge in [-0.1, -0.05) is 6.07 Å². The second-order valence-corrected chi connectivity index (χ2v) is 6.65. The summed E-state index contributed by atoms with van der Waals surface area (Å²) in [5, 5.41) is 0. The second kappa shape index (κ2) is 7.68. The molecule has 0 amide bonds. The number of benzene rings is 1. The Kier molecular flexibility index (Phi) is 6.56. The van der Waals surface area contributed by atoms with Crippen LogP contribution in [0, 0.1) is 3.57 Å². The Morgan fingerprint density at radius 1 is 1.37 bits per heavy atom. The van der Waals surface area contributed by atoms with Crippen molar-refractivity contribution in [2.75, 3.05) is 12.4 Å². The lowest BCUT2D eigenvalue weighted by Gasteiger charge is -2.07. The summed E-state index contributed by atoms with van der Waals surface area (Å²) in [4.78, 5) is 11.1. The summed E-state index contributed by atoms with van der Waals surface area (Å²) in [7, 11) is -3.67. The van der Waals surface area contributed by atoms with Gasteiger partial charge in [0.15, 0.2) is 0 Å². The van der Waals surface area contributed by atoms with Crippen LogP contribution >= 0.6 is 22.6 Å². The van der Waals surface area contributed by atoms with E-state index in [0.717, 1.165) is 3.57 Å². The fourth-order valence-corrected chi connectivity index (χ4v) is 2.83. The highest BCUT2D eigenvalue weighted by molar-refractivity contribution is 14.1. The number of carbonyl (C=O) groups is 1. The van der Waals surface area contributed by atoms with E-state index >= 15 is 0 Å². The number of rotatable bonds is 7. The lowest BCUT2D eigenvalue weighted by Crippen LogP contribution is -2.15. The van der Waals surface area contributed by atoms with Crippen LogP contribution in [0.1, 0.15) is 19.8 Å². The molecule has 0 spiro atoms. The fraction of sp³-hybridized carbons (Fsp3) is 0.417. The van der Waals surface area contributed by atoms with Crippen molar-refractivity contribution in [3.05, 3.63) is 27.8 Å². The highest BCUT2D eigenvalue weighted by Crippen LogP contribution is 2.17. The summed E-state index contributed by atoms with van der Waals surface area (Å²) in [5.41, 5.74) is 0. The molecule has 0 heterocycles. The van der Waals surface area contributed by atoms with Crippen molar-refractivity contribution in [1.29, 1.82) is 0 Å². The van der Waals surface area contributed by atoms with Gasteiger partial charge in [-0.3, -0.25) is 4.79 Å². The molecule has 1 aromatic rings. The molecule has 1 aromatic carbocycles. The lowest BCUT2D eigenvalue weighted by atomic mass is 10.3. The van der Waals surface area contributed by atoms with Gasteiger partial charge in [0.25, 0.3) is 0 Å². The van der Waals surface area contributed by atoms with Gasteiger partial charge in [-0.15, -0.1) is 0 Å². The molecular formula is C12H15IO5S. The molecule has 7 heteroatoms. The molecule has 0 bridgehead atoms. The summed E-state index contributed by atoms with van der Waals surface area (Å²) in [5.74, 6) is -0.327. The van der Waals surface area contributed by atoms with Crippen LogP contribution in [0.5, 0.6) is 5.75 Å². The molecule has 0 aliphatic rings. The largest absolute Gasteiger partial charge is 0.466 e. The molecule has 0 saturated carbocycles. The molecule has 0 unspecified atom stereocenters. The topological polar surface area (TPSA) is 69.7 Å². The first-order valence-corrected chi connectivity index (χ1v) is 8.42. The van der Waals surface area contributed by atoms with Crippen LogP contribution in [0.3, 0.4) is 0 Å². The van der Waals surface area contributed by atoms with Gasteiger partial charge in [-0.25, -0.2) is 0 Å². The van der Waals surface area contributed by atoms with Gasteiger partial charge in [0.1, 0.15) is 5.75 Å². The maximum absolute atomic E-state index is 11.7. The molecule has 0 N–H and O–H groups in total. The first-order chi connectivity index (χ1) is 8.93. The molecule has 0 atom stereocenters. The number of halogens is 1. The Labute approximate surface area is 126 Å². The first kappa shape index (κ1) is 16.2. The van der Waals surface area contributed by atoms with Crippen molar-refractivity contribution in [2.45, 2.75) is 19.8 Å². The second-order valence-electron chi connectivity index (χ2n) is 3.71. The first-order valence-electron chi connectivity index (χ1n) is 5.76. The van der Waals surface area contributed by atoms with Crippen molar-refractivity contribution in [3.63, 3.8) is 0 Å². The summed E-state index contributed by atoms with van der Waals surface area (Å²) in [6.07, 6.45) is 0.258. The van der Waals surface area contributed by atoms with E-state index < -0.39 is 16.1 Å². The maximum Gasteiger partial charge on any atom is 0.309 e. The van der Waals surface area contributed by atoms with Crippen LogP contribution < -0.4 is 4.18 Å². The zero-order valence-corrected chi connectivity index (χ0v) is 13.4. The Bertz CT molecular complexity index is 527. The third kappa shape index (κ3) is 6.76. The van der Waals surface area contributed by atoms with Crippen molar-refractivity contribution in [3.8, 4) is 5.75 Å². The molecule has 106 valence electrons. The van der Waals surface area contributed by atoms with Crippen molar-refractivity contribution in [1.82, 2.24) is 0 Å². The lowest BCUT2D eigenvalue weighted by molar-refractivity contribution is -0.143. The SMILES string of the molecule is CCOC(=O)CCCS(=O)(=O)Oc1cccc(I)c1. The highest BCUT2D eigenvalue weighted by Gasteiger charge is 2.14. The summed E-state index contributed by atoms with van der Waals surface area (Å²) in [6, 6.07) is 6.75. The van der Waals surface area contributed by atoms with Crippen molar-refractivity contribution < 1.29 is 22.1 Å². The maximum atomic E-state index is 11.7. The number of esters is 1. The molecule has 0 aliphatic heterocycles. The summed E-state index contributed by atoms with van der Waals surface area (Å²) < 4.78 is 33.9. The average molecular weight is 398 g/mol. The monoisotopic (exact) mass is 398 g/mol. The Hall–Kier alpha value is -0.830. The van der Waals surface area contributed by atoms with Crippen LogP contribution in [0.25, 0.3) is 0 Å². The third-order valence-electron chi connectivity index (χ3n) is 2.10. The Balaban J connectivity index is 2.46. The molecule has 0 aliphatic carbocycles. The Morgan fingerprint density at radius 3 is 2.74 bits per heavy atom. The molecule has 19 heavy (non-hydrogen) atoms. The predicted molar refractivity (Wildman–Crippen MR) is 79.4 cm³/mol. The van der Waals surface area contributed by atoms with E-state index in [0.29, 0.717) is 6.61 Å². The molecule has 1 rings (SSSR count). The van der Waals surface area contributed by atoms with E-state index in [4.69, 9.17) is 8.92 Å². The van der Waals surface area contributed by atoms with E-state index in [1.54, 1.807) is 25.1 Å². The molecule has 0 aromatic heterocycles. The van der Waals surface area contributed by atoms with E-state index in [-0.39, 0.29) is 24.3 Å². The number of hydrogen-bond acceptors (Lipinski definition) is 5. The number of ether oxygens (including phenoxy) is 1. The smallest absolute Gasteiger partial charge is 0.309 e. The fourth-order valence-electron chi connectivity index (χ4n) is 1.33. The minimum Gasteiger partial charge on any atom is -0.466 e. The van der Waals surface area contributed by atoms with Gasteiger partial charge in [0, 0.05) is 9.99 Å². The predicted octanol–water partition coefficient (Wildman–Crippen LogP) is 2.34. The van der Waals surface area contributed by atoms with Crippen LogP contribution in [0.4, 0.5) is 0 Å². The minimum atomic E-state index is -3.67. The van der Waals surface area contributed by atoms with Gasteiger partial charge in [0.2, 0.25) is 0 Å². The van der Waals surface area contributed by atoms with Crippen molar-refractivity contribution >= 4 is 38.7 Å². The van der Waals surface area contributed by atoms with Gasteiger partial charge in [0.05, 0.1) is 12.4 Å².